The van der Waals surface area contributed by atoms with Gasteiger partial charge in [-0.1, -0.05) is 70.5 Å². The number of rotatable bonds is 8. The Kier molecular flexibility index (Phi) is 8.61. The summed E-state index contributed by atoms with van der Waals surface area (Å²) in [5.74, 6) is -0.760. The molecule has 0 aliphatic heterocycles. The van der Waals surface area contributed by atoms with Crippen molar-refractivity contribution >= 4 is 27.7 Å². The van der Waals surface area contributed by atoms with Crippen molar-refractivity contribution in [2.24, 2.45) is 0 Å². The van der Waals surface area contributed by atoms with Crippen LogP contribution in [0.15, 0.2) is 83.3 Å². The third-order valence-electron chi connectivity index (χ3n) is 5.28. The van der Waals surface area contributed by atoms with E-state index in [0.717, 1.165) is 15.6 Å². The van der Waals surface area contributed by atoms with E-state index in [1.54, 1.807) is 17.0 Å². The minimum atomic E-state index is -0.714. The van der Waals surface area contributed by atoms with Crippen molar-refractivity contribution in [3.63, 3.8) is 0 Å². The monoisotopic (exact) mass is 524 g/mol. The minimum absolute atomic E-state index is 0.0718. The van der Waals surface area contributed by atoms with Crippen LogP contribution < -0.4 is 5.32 Å². The fourth-order valence-corrected chi connectivity index (χ4v) is 4.16. The largest absolute Gasteiger partial charge is 0.350 e. The highest BCUT2D eigenvalue weighted by atomic mass is 79.9. The summed E-state index contributed by atoms with van der Waals surface area (Å²) in [6, 6.07) is 22.6. The van der Waals surface area contributed by atoms with Crippen LogP contribution in [0.1, 0.15) is 37.5 Å². The number of carbonyl (C=O) groups is 2. The molecule has 3 rings (SSSR count). The van der Waals surface area contributed by atoms with E-state index >= 15 is 0 Å². The van der Waals surface area contributed by atoms with Crippen LogP contribution in [0.3, 0.4) is 0 Å². The maximum Gasteiger partial charge on any atom is 0.243 e. The van der Waals surface area contributed by atoms with Gasteiger partial charge < -0.3 is 10.2 Å². The van der Waals surface area contributed by atoms with Gasteiger partial charge in [-0.15, -0.1) is 0 Å². The molecule has 3 aromatic rings. The molecule has 0 bridgehead atoms. The first-order valence-corrected chi connectivity index (χ1v) is 12.0. The molecular formula is C28H30BrFN2O2. The van der Waals surface area contributed by atoms with E-state index in [1.807, 2.05) is 75.4 Å². The summed E-state index contributed by atoms with van der Waals surface area (Å²) in [5, 5.41) is 3.05. The number of benzene rings is 3. The number of halogens is 2. The first-order chi connectivity index (χ1) is 16.1. The van der Waals surface area contributed by atoms with E-state index in [9.17, 15) is 14.0 Å². The van der Waals surface area contributed by atoms with Crippen molar-refractivity contribution < 1.29 is 14.0 Å². The Bertz CT molecular complexity index is 1110. The number of nitrogens with zero attached hydrogens (tertiary/aromatic N) is 1. The van der Waals surface area contributed by atoms with Crippen molar-refractivity contribution in [2.45, 2.75) is 51.7 Å². The van der Waals surface area contributed by atoms with E-state index in [0.29, 0.717) is 12.0 Å². The van der Waals surface area contributed by atoms with E-state index < -0.39 is 11.6 Å². The first-order valence-electron chi connectivity index (χ1n) is 11.2. The lowest BCUT2D eigenvalue weighted by atomic mass is 10.00. The maximum absolute atomic E-state index is 13.6. The summed E-state index contributed by atoms with van der Waals surface area (Å²) in [5.41, 5.74) is 2.11. The smallest absolute Gasteiger partial charge is 0.243 e. The Morgan fingerprint density at radius 2 is 1.56 bits per heavy atom. The average molecular weight is 525 g/mol. The van der Waals surface area contributed by atoms with Crippen molar-refractivity contribution in [2.75, 3.05) is 0 Å². The Balaban J connectivity index is 1.98. The van der Waals surface area contributed by atoms with Gasteiger partial charge in [-0.2, -0.15) is 0 Å². The van der Waals surface area contributed by atoms with Crippen LogP contribution in [0.5, 0.6) is 0 Å². The van der Waals surface area contributed by atoms with Gasteiger partial charge in [0.05, 0.1) is 6.42 Å². The zero-order chi connectivity index (χ0) is 24.7. The lowest BCUT2D eigenvalue weighted by Crippen LogP contribution is -2.54. The molecule has 0 heterocycles. The van der Waals surface area contributed by atoms with Gasteiger partial charge in [-0.3, -0.25) is 9.59 Å². The summed E-state index contributed by atoms with van der Waals surface area (Å²) < 4.78 is 14.3. The van der Waals surface area contributed by atoms with Crippen molar-refractivity contribution in [3.8, 4) is 0 Å². The highest BCUT2D eigenvalue weighted by Gasteiger charge is 2.32. The summed E-state index contributed by atoms with van der Waals surface area (Å²) in [6.07, 6.45) is 0.453. The van der Waals surface area contributed by atoms with Crippen molar-refractivity contribution in [1.29, 1.82) is 0 Å². The lowest BCUT2D eigenvalue weighted by molar-refractivity contribution is -0.141. The zero-order valence-electron chi connectivity index (χ0n) is 19.7. The van der Waals surface area contributed by atoms with Crippen LogP contribution in [0.25, 0.3) is 0 Å². The molecule has 0 radical (unpaired) electrons. The Hall–Kier alpha value is -2.99. The van der Waals surface area contributed by atoms with E-state index in [4.69, 9.17) is 0 Å². The topological polar surface area (TPSA) is 49.4 Å². The summed E-state index contributed by atoms with van der Waals surface area (Å²) in [6.45, 7) is 6.03. The molecule has 0 saturated heterocycles. The maximum atomic E-state index is 13.6. The Morgan fingerprint density at radius 1 is 0.912 bits per heavy atom. The van der Waals surface area contributed by atoms with Crippen LogP contribution in [0.4, 0.5) is 4.39 Å². The fourth-order valence-electron chi connectivity index (χ4n) is 3.72. The zero-order valence-corrected chi connectivity index (χ0v) is 21.3. The molecule has 178 valence electrons. The lowest BCUT2D eigenvalue weighted by Gasteiger charge is -2.34. The molecule has 4 nitrogen and oxygen atoms in total. The molecule has 0 aliphatic rings. The average Bonchev–Trinajstić information content (AvgIpc) is 2.77. The number of hydrogen-bond acceptors (Lipinski definition) is 2. The molecule has 0 spiro atoms. The summed E-state index contributed by atoms with van der Waals surface area (Å²) >= 11 is 3.49. The second-order valence-corrected chi connectivity index (χ2v) is 10.3. The molecule has 1 unspecified atom stereocenters. The normalized spacial score (nSPS) is 12.1. The van der Waals surface area contributed by atoms with E-state index in [-0.39, 0.29) is 30.6 Å². The predicted molar refractivity (Wildman–Crippen MR) is 137 cm³/mol. The van der Waals surface area contributed by atoms with E-state index in [2.05, 4.69) is 21.2 Å². The first kappa shape index (κ1) is 25.6. The van der Waals surface area contributed by atoms with Gasteiger partial charge in [0.25, 0.3) is 0 Å². The summed E-state index contributed by atoms with van der Waals surface area (Å²) in [7, 11) is 0. The highest BCUT2D eigenvalue weighted by molar-refractivity contribution is 9.10. The van der Waals surface area contributed by atoms with Crippen LogP contribution in [-0.4, -0.2) is 28.3 Å². The molecule has 1 atom stereocenters. The fraction of sp³-hybridized carbons (Fsp3) is 0.286. The van der Waals surface area contributed by atoms with Crippen LogP contribution >= 0.6 is 15.9 Å². The standard InChI is InChI=1S/C28H30BrFN2O2/c1-28(2,3)31-27(34)25(17-20-8-5-4-6-9-20)32(19-22-10-7-11-23(29)16-22)26(33)18-21-12-14-24(30)15-13-21/h4-16,25H,17-19H2,1-3H3,(H,31,34). The molecule has 6 heteroatoms. The third-order valence-corrected chi connectivity index (χ3v) is 5.77. The van der Waals surface area contributed by atoms with Gasteiger partial charge in [0.1, 0.15) is 11.9 Å². The molecule has 0 saturated carbocycles. The van der Waals surface area contributed by atoms with Crippen molar-refractivity contribution in [3.05, 3.63) is 106 Å². The molecular weight excluding hydrogens is 495 g/mol. The van der Waals surface area contributed by atoms with Gasteiger partial charge >= 0.3 is 0 Å². The van der Waals surface area contributed by atoms with Gasteiger partial charge in [0.2, 0.25) is 11.8 Å². The number of nitrogens with one attached hydrogen (secondary N) is 1. The minimum Gasteiger partial charge on any atom is -0.350 e. The number of carbonyl (C=O) groups excluding carboxylic acids is 2. The second-order valence-electron chi connectivity index (χ2n) is 9.40. The van der Waals surface area contributed by atoms with E-state index in [1.165, 1.54) is 12.1 Å². The third kappa shape index (κ3) is 7.80. The molecule has 2 amide bonds. The molecule has 0 aliphatic carbocycles. The predicted octanol–water partition coefficient (Wildman–Crippen LogP) is 5.69. The summed E-state index contributed by atoms with van der Waals surface area (Å²) in [4.78, 5) is 28.8. The molecule has 1 N–H and O–H groups in total. The molecule has 0 aromatic heterocycles. The van der Waals surface area contributed by atoms with Crippen LogP contribution in [0.2, 0.25) is 0 Å². The number of amides is 2. The Morgan fingerprint density at radius 3 is 2.18 bits per heavy atom. The van der Waals surface area contributed by atoms with Crippen LogP contribution in [-0.2, 0) is 29.0 Å². The molecule has 0 fully saturated rings. The molecule has 34 heavy (non-hydrogen) atoms. The van der Waals surface area contributed by atoms with Gasteiger partial charge in [-0.05, 0) is 61.7 Å². The van der Waals surface area contributed by atoms with Gasteiger partial charge in [0.15, 0.2) is 0 Å². The van der Waals surface area contributed by atoms with Gasteiger partial charge in [-0.25, -0.2) is 4.39 Å². The Labute approximate surface area is 209 Å². The SMILES string of the molecule is CC(C)(C)NC(=O)C(Cc1ccccc1)N(Cc1cccc(Br)c1)C(=O)Cc1ccc(F)cc1. The van der Waals surface area contributed by atoms with Crippen molar-refractivity contribution in [1.82, 2.24) is 10.2 Å². The quantitative estimate of drug-likeness (QED) is 0.411. The highest BCUT2D eigenvalue weighted by Crippen LogP contribution is 2.19. The second kappa shape index (κ2) is 11.4. The van der Waals surface area contributed by atoms with Crippen LogP contribution in [0, 0.1) is 5.82 Å². The molecule has 3 aromatic carbocycles. The number of hydrogen-bond donors (Lipinski definition) is 1. The van der Waals surface area contributed by atoms with Gasteiger partial charge in [0, 0.05) is 23.0 Å².